The van der Waals surface area contributed by atoms with Crippen molar-refractivity contribution in [2.45, 2.75) is 0 Å². The smallest absolute Gasteiger partial charge is 0.333 e. The third-order valence-corrected chi connectivity index (χ3v) is 3.82. The number of hydrogen-bond acceptors (Lipinski definition) is 6. The lowest BCUT2D eigenvalue weighted by Crippen LogP contribution is -2.24. The first-order valence-electron chi connectivity index (χ1n) is 7.35. The van der Waals surface area contributed by atoms with Gasteiger partial charge in [-0.1, -0.05) is 0 Å². The van der Waals surface area contributed by atoms with Crippen LogP contribution in [0.25, 0.3) is 11.0 Å². The molecule has 0 aliphatic heterocycles. The Kier molecular flexibility index (Phi) is 4.10. The molecule has 8 heteroatoms. The Morgan fingerprint density at radius 1 is 1.04 bits per heavy atom. The highest BCUT2D eigenvalue weighted by Crippen LogP contribution is 2.38. The number of rotatable bonds is 4. The summed E-state index contributed by atoms with van der Waals surface area (Å²) in [5.74, 6) is 0.477. The van der Waals surface area contributed by atoms with Crippen molar-refractivity contribution in [2.24, 2.45) is 0 Å². The van der Waals surface area contributed by atoms with Crippen LogP contribution in [0.2, 0.25) is 0 Å². The Hall–Kier alpha value is -3.42. The lowest BCUT2D eigenvalue weighted by molar-refractivity contribution is 0.0960. The average molecular weight is 343 g/mol. The van der Waals surface area contributed by atoms with E-state index in [0.717, 1.165) is 4.57 Å². The molecule has 0 aliphatic carbocycles. The summed E-state index contributed by atoms with van der Waals surface area (Å²) in [4.78, 5) is 27.8. The molecule has 3 N–H and O–H groups in total. The first-order valence-corrected chi connectivity index (χ1v) is 7.35. The number of nitrogens with two attached hydrogens (primary N) is 1. The largest absolute Gasteiger partial charge is 0.493 e. The Morgan fingerprint density at radius 3 is 2.24 bits per heavy atom. The lowest BCUT2D eigenvalue weighted by Gasteiger charge is -2.13. The summed E-state index contributed by atoms with van der Waals surface area (Å²) in [7, 11) is 4.37. The van der Waals surface area contributed by atoms with Crippen molar-refractivity contribution in [2.75, 3.05) is 27.1 Å². The molecular formula is C17H17N3O5. The number of nitrogen functional groups attached to an aromatic ring is 1. The van der Waals surface area contributed by atoms with Gasteiger partial charge in [0.15, 0.2) is 11.5 Å². The monoisotopic (exact) mass is 343 g/mol. The molecule has 8 nitrogen and oxygen atoms in total. The third-order valence-electron chi connectivity index (χ3n) is 3.82. The summed E-state index contributed by atoms with van der Waals surface area (Å²) >= 11 is 0. The molecule has 3 rings (SSSR count). The van der Waals surface area contributed by atoms with Crippen molar-refractivity contribution in [3.05, 3.63) is 46.4 Å². The average Bonchev–Trinajstić information content (AvgIpc) is 2.94. The van der Waals surface area contributed by atoms with E-state index in [4.69, 9.17) is 19.9 Å². The van der Waals surface area contributed by atoms with Gasteiger partial charge in [0.25, 0.3) is 5.91 Å². The highest BCUT2D eigenvalue weighted by molar-refractivity contribution is 6.02. The van der Waals surface area contributed by atoms with Gasteiger partial charge in [-0.25, -0.2) is 9.36 Å². The summed E-state index contributed by atoms with van der Waals surface area (Å²) < 4.78 is 16.8. The molecule has 0 amide bonds. The molecule has 0 spiro atoms. The van der Waals surface area contributed by atoms with E-state index in [9.17, 15) is 9.59 Å². The molecule has 0 unspecified atom stereocenters. The van der Waals surface area contributed by atoms with Crippen LogP contribution >= 0.6 is 0 Å². The Bertz CT molecular complexity index is 994. The van der Waals surface area contributed by atoms with Crippen molar-refractivity contribution >= 4 is 22.6 Å². The van der Waals surface area contributed by atoms with E-state index in [0.29, 0.717) is 34.0 Å². The minimum absolute atomic E-state index is 0.217. The van der Waals surface area contributed by atoms with Gasteiger partial charge in [-0.2, -0.15) is 0 Å². The maximum atomic E-state index is 12.9. The Labute approximate surface area is 142 Å². The number of anilines is 1. The first-order chi connectivity index (χ1) is 12.0. The zero-order valence-corrected chi connectivity index (χ0v) is 14.0. The van der Waals surface area contributed by atoms with Crippen LogP contribution < -0.4 is 25.6 Å². The van der Waals surface area contributed by atoms with Gasteiger partial charge in [0.2, 0.25) is 5.75 Å². The number of methoxy groups -OCH3 is 3. The number of nitrogens with zero attached hydrogens (tertiary/aromatic N) is 1. The van der Waals surface area contributed by atoms with Crippen LogP contribution in [-0.2, 0) is 0 Å². The highest BCUT2D eigenvalue weighted by atomic mass is 16.5. The summed E-state index contributed by atoms with van der Waals surface area (Å²) in [6.45, 7) is 0. The molecule has 0 saturated carbocycles. The topological polar surface area (TPSA) is 109 Å². The van der Waals surface area contributed by atoms with Crippen LogP contribution in [0.1, 0.15) is 10.4 Å². The number of carbonyl (C=O) groups excluding carboxylic acids is 1. The normalized spacial score (nSPS) is 10.7. The summed E-state index contributed by atoms with van der Waals surface area (Å²) in [6.07, 6.45) is 0. The second-order valence-corrected chi connectivity index (χ2v) is 5.26. The van der Waals surface area contributed by atoms with Crippen molar-refractivity contribution in [1.29, 1.82) is 0 Å². The number of benzene rings is 2. The van der Waals surface area contributed by atoms with Gasteiger partial charge in [-0.05, 0) is 30.3 Å². The maximum Gasteiger partial charge on any atom is 0.333 e. The number of aromatic nitrogens is 2. The van der Waals surface area contributed by atoms with Crippen molar-refractivity contribution in [3.8, 4) is 17.2 Å². The zero-order chi connectivity index (χ0) is 18.1. The van der Waals surface area contributed by atoms with Gasteiger partial charge in [-0.3, -0.25) is 4.79 Å². The van der Waals surface area contributed by atoms with E-state index in [-0.39, 0.29) is 5.56 Å². The predicted molar refractivity (Wildman–Crippen MR) is 92.8 cm³/mol. The number of ether oxygens (including phenoxy) is 3. The van der Waals surface area contributed by atoms with Crippen LogP contribution in [0.5, 0.6) is 17.2 Å². The second-order valence-electron chi connectivity index (χ2n) is 5.26. The van der Waals surface area contributed by atoms with Gasteiger partial charge in [0.05, 0.1) is 32.4 Å². The first kappa shape index (κ1) is 16.4. The second kappa shape index (κ2) is 6.23. The van der Waals surface area contributed by atoms with Gasteiger partial charge in [0.1, 0.15) is 0 Å². The van der Waals surface area contributed by atoms with Crippen LogP contribution in [0, 0.1) is 0 Å². The van der Waals surface area contributed by atoms with Crippen molar-refractivity contribution in [1.82, 2.24) is 9.55 Å². The molecule has 25 heavy (non-hydrogen) atoms. The number of H-pyrrole nitrogens is 1. The number of aromatic amines is 1. The summed E-state index contributed by atoms with van der Waals surface area (Å²) in [6, 6.07) is 7.81. The molecule has 0 fully saturated rings. The SMILES string of the molecule is COc1cc(C(=O)n2c(=O)[nH]c3cc(N)ccc32)cc(OC)c1OC. The van der Waals surface area contributed by atoms with Crippen molar-refractivity contribution < 1.29 is 19.0 Å². The molecule has 130 valence electrons. The van der Waals surface area contributed by atoms with Gasteiger partial charge in [-0.15, -0.1) is 0 Å². The van der Waals surface area contributed by atoms with E-state index in [2.05, 4.69) is 4.98 Å². The fourth-order valence-electron chi connectivity index (χ4n) is 2.66. The van der Waals surface area contributed by atoms with E-state index >= 15 is 0 Å². The lowest BCUT2D eigenvalue weighted by atomic mass is 10.1. The molecule has 0 atom stereocenters. The standard InChI is InChI=1S/C17H17N3O5/c1-23-13-6-9(7-14(24-2)15(13)25-3)16(21)20-12-5-4-10(18)8-11(12)19-17(20)22/h4-8H,18H2,1-3H3,(H,19,22). The van der Waals surface area contributed by atoms with Gasteiger partial charge >= 0.3 is 5.69 Å². The van der Waals surface area contributed by atoms with Crippen LogP contribution in [0.3, 0.4) is 0 Å². The summed E-state index contributed by atoms with van der Waals surface area (Å²) in [5.41, 5.74) is 6.77. The van der Waals surface area contributed by atoms with Crippen LogP contribution in [0.4, 0.5) is 5.69 Å². The number of hydrogen-bond donors (Lipinski definition) is 2. The van der Waals surface area contributed by atoms with E-state index < -0.39 is 11.6 Å². The molecule has 3 aromatic rings. The molecule has 0 aliphatic rings. The Balaban J connectivity index is 2.19. The van der Waals surface area contributed by atoms with Crippen LogP contribution in [-0.4, -0.2) is 36.8 Å². The van der Waals surface area contributed by atoms with Crippen molar-refractivity contribution in [3.63, 3.8) is 0 Å². The number of imidazole rings is 1. The van der Waals surface area contributed by atoms with Crippen LogP contribution in [0.15, 0.2) is 35.1 Å². The van der Waals surface area contributed by atoms with E-state index in [1.807, 2.05) is 0 Å². The number of fused-ring (bicyclic) bond motifs is 1. The molecule has 0 radical (unpaired) electrons. The third kappa shape index (κ3) is 2.67. The predicted octanol–water partition coefficient (Wildman–Crippen LogP) is 1.63. The molecule has 1 heterocycles. The Morgan fingerprint density at radius 2 is 1.68 bits per heavy atom. The maximum absolute atomic E-state index is 12.9. The van der Waals surface area contributed by atoms with Gasteiger partial charge < -0.3 is 24.9 Å². The molecule has 1 aromatic heterocycles. The fraction of sp³-hybridized carbons (Fsp3) is 0.176. The van der Waals surface area contributed by atoms with E-state index in [1.165, 1.54) is 33.5 Å². The molecular weight excluding hydrogens is 326 g/mol. The van der Waals surface area contributed by atoms with Gasteiger partial charge in [0, 0.05) is 11.3 Å². The molecule has 2 aromatic carbocycles. The number of nitrogens with one attached hydrogen (secondary N) is 1. The zero-order valence-electron chi connectivity index (χ0n) is 14.0. The number of carbonyl (C=O) groups is 1. The minimum Gasteiger partial charge on any atom is -0.493 e. The summed E-state index contributed by atoms with van der Waals surface area (Å²) in [5, 5.41) is 0. The highest BCUT2D eigenvalue weighted by Gasteiger charge is 2.21. The van der Waals surface area contributed by atoms with E-state index in [1.54, 1.807) is 18.2 Å². The molecule has 0 saturated heterocycles. The minimum atomic E-state index is -0.556. The molecule has 0 bridgehead atoms. The quantitative estimate of drug-likeness (QED) is 0.697. The fourth-order valence-corrected chi connectivity index (χ4v) is 2.66.